The van der Waals surface area contributed by atoms with Crippen molar-refractivity contribution in [3.63, 3.8) is 0 Å². The van der Waals surface area contributed by atoms with Crippen LogP contribution in [0.2, 0.25) is 0 Å². The molecule has 6 heteroatoms. The highest BCUT2D eigenvalue weighted by Gasteiger charge is 2.25. The number of carbonyl (C=O) groups excluding carboxylic acids is 2. The lowest BCUT2D eigenvalue weighted by Crippen LogP contribution is -2.29. The molecule has 0 bridgehead atoms. The fourth-order valence-corrected chi connectivity index (χ4v) is 1.89. The maximum absolute atomic E-state index is 11.4. The van der Waals surface area contributed by atoms with E-state index in [1.807, 2.05) is 0 Å². The first-order chi connectivity index (χ1) is 8.97. The minimum Gasteiger partial charge on any atom is -0.431 e. The Hall–Kier alpha value is -1.30. The topological polar surface area (TPSA) is 71.1 Å². The first-order valence-electron chi connectivity index (χ1n) is 6.59. The van der Waals surface area contributed by atoms with Crippen molar-refractivity contribution in [1.29, 1.82) is 0 Å². The number of rotatable bonds is 5. The lowest BCUT2D eigenvalue weighted by molar-refractivity contribution is -0.173. The van der Waals surface area contributed by atoms with Crippen LogP contribution < -0.4 is 0 Å². The van der Waals surface area contributed by atoms with Gasteiger partial charge in [-0.25, -0.2) is 4.79 Å². The van der Waals surface area contributed by atoms with Gasteiger partial charge >= 0.3 is 12.1 Å². The summed E-state index contributed by atoms with van der Waals surface area (Å²) in [6.07, 6.45) is 0.269. The van der Waals surface area contributed by atoms with Crippen molar-refractivity contribution in [3.8, 4) is 0 Å². The van der Waals surface area contributed by atoms with E-state index in [0.29, 0.717) is 25.6 Å². The minimum absolute atomic E-state index is 0.270. The largest absolute Gasteiger partial charge is 0.511 e. The highest BCUT2D eigenvalue weighted by atomic mass is 16.8. The molecule has 1 saturated heterocycles. The predicted octanol–water partition coefficient (Wildman–Crippen LogP) is 2.25. The van der Waals surface area contributed by atoms with Crippen LogP contribution >= 0.6 is 0 Å². The van der Waals surface area contributed by atoms with Gasteiger partial charge in [0, 0.05) is 26.6 Å². The monoisotopic (exact) mass is 274 g/mol. The van der Waals surface area contributed by atoms with E-state index in [1.165, 1.54) is 6.92 Å². The van der Waals surface area contributed by atoms with E-state index >= 15 is 0 Å². The number of hydrogen-bond acceptors (Lipinski definition) is 6. The summed E-state index contributed by atoms with van der Waals surface area (Å²) in [7, 11) is 0. The van der Waals surface area contributed by atoms with Gasteiger partial charge in [0.15, 0.2) is 0 Å². The van der Waals surface area contributed by atoms with Crippen LogP contribution in [0.1, 0.15) is 40.0 Å². The van der Waals surface area contributed by atoms with E-state index in [1.54, 1.807) is 13.8 Å². The Kier molecular flexibility index (Phi) is 6.62. The molecule has 6 nitrogen and oxygen atoms in total. The normalized spacial score (nSPS) is 17.9. The van der Waals surface area contributed by atoms with Gasteiger partial charge in [0.05, 0.1) is 6.10 Å². The van der Waals surface area contributed by atoms with Gasteiger partial charge in [-0.3, -0.25) is 4.79 Å². The molecule has 0 aromatic rings. The number of ether oxygens (including phenoxy) is 4. The fraction of sp³-hybridized carbons (Fsp3) is 0.846. The van der Waals surface area contributed by atoms with E-state index in [9.17, 15) is 9.59 Å². The van der Waals surface area contributed by atoms with Crippen molar-refractivity contribution in [1.82, 2.24) is 0 Å². The second-order valence-electron chi connectivity index (χ2n) is 4.86. The molecule has 0 aromatic heterocycles. The summed E-state index contributed by atoms with van der Waals surface area (Å²) in [6.45, 7) is 6.11. The summed E-state index contributed by atoms with van der Waals surface area (Å²) in [4.78, 5) is 22.4. The molecule has 0 amide bonds. The van der Waals surface area contributed by atoms with Crippen LogP contribution in [0.15, 0.2) is 0 Å². The minimum atomic E-state index is -0.883. The Morgan fingerprint density at radius 3 is 2.32 bits per heavy atom. The molecule has 1 atom stereocenters. The molecule has 0 N–H and O–H groups in total. The quantitative estimate of drug-likeness (QED) is 0.565. The maximum atomic E-state index is 11.4. The van der Waals surface area contributed by atoms with Crippen LogP contribution in [0.3, 0.4) is 0 Å². The second kappa shape index (κ2) is 7.99. The molecule has 0 aliphatic carbocycles. The van der Waals surface area contributed by atoms with Gasteiger partial charge in [-0.2, -0.15) is 0 Å². The van der Waals surface area contributed by atoms with E-state index in [4.69, 9.17) is 18.9 Å². The number of hydrogen-bond donors (Lipinski definition) is 0. The molecule has 1 heterocycles. The van der Waals surface area contributed by atoms with Gasteiger partial charge in [0.1, 0.15) is 0 Å². The molecular formula is C13H22O6. The zero-order valence-electron chi connectivity index (χ0n) is 11.7. The lowest BCUT2D eigenvalue weighted by atomic mass is 9.96. The van der Waals surface area contributed by atoms with E-state index in [2.05, 4.69) is 0 Å². The molecule has 110 valence electrons. The van der Waals surface area contributed by atoms with Crippen molar-refractivity contribution in [2.45, 2.75) is 52.4 Å². The molecule has 0 saturated carbocycles. The Labute approximate surface area is 113 Å². The summed E-state index contributed by atoms with van der Waals surface area (Å²) in [5.74, 6) is -0.153. The van der Waals surface area contributed by atoms with Gasteiger partial charge in [-0.15, -0.1) is 0 Å². The van der Waals surface area contributed by atoms with Gasteiger partial charge in [-0.05, 0) is 32.6 Å². The van der Waals surface area contributed by atoms with Crippen LogP contribution in [0, 0.1) is 5.92 Å². The van der Waals surface area contributed by atoms with Gasteiger partial charge < -0.3 is 18.9 Å². The second-order valence-corrected chi connectivity index (χ2v) is 4.86. The van der Waals surface area contributed by atoms with Crippen LogP contribution in [0.25, 0.3) is 0 Å². The average molecular weight is 274 g/mol. The zero-order valence-corrected chi connectivity index (χ0v) is 11.7. The Bertz CT molecular complexity index is 296. The highest BCUT2D eigenvalue weighted by molar-refractivity contribution is 5.66. The molecular weight excluding hydrogens is 252 g/mol. The van der Waals surface area contributed by atoms with Crippen LogP contribution in [0.4, 0.5) is 4.79 Å². The summed E-state index contributed by atoms with van der Waals surface area (Å²) in [5, 5.41) is 0. The summed E-state index contributed by atoms with van der Waals surface area (Å²) < 4.78 is 20.2. The van der Waals surface area contributed by atoms with Crippen LogP contribution in [-0.4, -0.2) is 37.7 Å². The smallest absolute Gasteiger partial charge is 0.431 e. The Morgan fingerprint density at radius 2 is 1.79 bits per heavy atom. The van der Waals surface area contributed by atoms with Crippen LogP contribution in [-0.2, 0) is 23.7 Å². The summed E-state index contributed by atoms with van der Waals surface area (Å²) >= 11 is 0. The molecule has 0 aromatic carbocycles. The average Bonchev–Trinajstić information content (AvgIpc) is 2.27. The molecule has 19 heavy (non-hydrogen) atoms. The maximum Gasteiger partial charge on any atom is 0.511 e. The third kappa shape index (κ3) is 7.00. The van der Waals surface area contributed by atoms with Gasteiger partial charge in [0.2, 0.25) is 0 Å². The molecule has 0 radical (unpaired) electrons. The zero-order chi connectivity index (χ0) is 14.3. The van der Waals surface area contributed by atoms with E-state index in [0.717, 1.165) is 12.8 Å². The summed E-state index contributed by atoms with van der Waals surface area (Å²) in [6, 6.07) is 0. The van der Waals surface area contributed by atoms with Crippen molar-refractivity contribution < 1.29 is 28.5 Å². The molecule has 1 aliphatic heterocycles. The third-order valence-electron chi connectivity index (χ3n) is 2.72. The molecule has 1 rings (SSSR count). The highest BCUT2D eigenvalue weighted by Crippen LogP contribution is 2.22. The van der Waals surface area contributed by atoms with Crippen LogP contribution in [0.5, 0.6) is 0 Å². The SMILES string of the molecule is CC(=O)OC(CC1CCOCC1)OC(=O)OC(C)C. The van der Waals surface area contributed by atoms with Crippen molar-refractivity contribution in [2.75, 3.05) is 13.2 Å². The van der Waals surface area contributed by atoms with E-state index in [-0.39, 0.29) is 6.10 Å². The predicted molar refractivity (Wildman–Crippen MR) is 66.4 cm³/mol. The fourth-order valence-electron chi connectivity index (χ4n) is 1.89. The Morgan fingerprint density at radius 1 is 1.16 bits per heavy atom. The first kappa shape index (κ1) is 15.8. The molecule has 1 unspecified atom stereocenters. The van der Waals surface area contributed by atoms with E-state index < -0.39 is 18.4 Å². The number of esters is 1. The first-order valence-corrected chi connectivity index (χ1v) is 6.59. The van der Waals surface area contributed by atoms with Crippen molar-refractivity contribution in [2.24, 2.45) is 5.92 Å². The molecule has 1 fully saturated rings. The molecule has 1 aliphatic rings. The third-order valence-corrected chi connectivity index (χ3v) is 2.72. The van der Waals surface area contributed by atoms with Gasteiger partial charge in [-0.1, -0.05) is 0 Å². The summed E-state index contributed by atoms with van der Waals surface area (Å²) in [5.41, 5.74) is 0. The van der Waals surface area contributed by atoms with Crippen molar-refractivity contribution in [3.05, 3.63) is 0 Å². The van der Waals surface area contributed by atoms with Crippen molar-refractivity contribution >= 4 is 12.1 Å². The van der Waals surface area contributed by atoms with Gasteiger partial charge in [0.25, 0.3) is 6.29 Å². The lowest BCUT2D eigenvalue weighted by Gasteiger charge is -2.26. The standard InChI is InChI=1S/C13H22O6/c1-9(2)17-13(15)19-12(18-10(3)14)8-11-4-6-16-7-5-11/h9,11-12H,4-8H2,1-3H3. The number of carbonyl (C=O) groups is 2. The Balaban J connectivity index is 2.45. The molecule has 0 spiro atoms.